The van der Waals surface area contributed by atoms with Crippen molar-refractivity contribution in [3.05, 3.63) is 18.0 Å². The second kappa shape index (κ2) is 6.27. The van der Waals surface area contributed by atoms with Gasteiger partial charge in [-0.05, 0) is 6.54 Å². The molecule has 1 amide bonds. The average Bonchev–Trinajstić information content (AvgIpc) is 2.68. The van der Waals surface area contributed by atoms with Crippen molar-refractivity contribution in [2.75, 3.05) is 13.1 Å². The number of nitrogens with zero attached hydrogens (tertiary/aromatic N) is 2. The lowest BCUT2D eigenvalue weighted by Gasteiger charge is -2.11. The van der Waals surface area contributed by atoms with Crippen LogP contribution < -0.4 is 10.6 Å². The zero-order valence-electron chi connectivity index (χ0n) is 10.2. The van der Waals surface area contributed by atoms with Crippen LogP contribution in [0.25, 0.3) is 0 Å². The number of nitrogens with one attached hydrogen (secondary N) is 2. The number of aromatic nitrogens is 2. The number of rotatable bonds is 6. The van der Waals surface area contributed by atoms with Crippen LogP contribution in [-0.4, -0.2) is 28.8 Å². The third-order valence-corrected chi connectivity index (χ3v) is 2.37. The number of hydrogen-bond acceptors (Lipinski definition) is 3. The molecule has 1 unspecified atom stereocenters. The number of amides is 1. The third kappa shape index (κ3) is 4.02. The highest BCUT2D eigenvalue weighted by Crippen LogP contribution is 1.97. The van der Waals surface area contributed by atoms with Gasteiger partial charge in [-0.25, -0.2) is 0 Å². The smallest absolute Gasteiger partial charge is 0.224 e. The molecule has 1 aromatic rings. The summed E-state index contributed by atoms with van der Waals surface area (Å²) in [5.74, 6) is 0.0708. The first-order chi connectivity index (χ1) is 7.63. The zero-order chi connectivity index (χ0) is 12.0. The molecule has 0 spiro atoms. The highest BCUT2D eigenvalue weighted by molar-refractivity contribution is 5.78. The Bertz CT molecular complexity index is 334. The van der Waals surface area contributed by atoms with E-state index in [0.717, 1.165) is 18.7 Å². The molecule has 0 aromatic carbocycles. The molecule has 5 nitrogen and oxygen atoms in total. The lowest BCUT2D eigenvalue weighted by Crippen LogP contribution is -2.34. The van der Waals surface area contributed by atoms with E-state index in [9.17, 15) is 4.79 Å². The maximum Gasteiger partial charge on any atom is 0.224 e. The standard InChI is InChI=1S/C11H20N4O/c1-4-12-5-9(2)11(16)13-6-10-7-14-15(3)8-10/h7-9,12H,4-6H2,1-3H3,(H,13,16). The van der Waals surface area contributed by atoms with Gasteiger partial charge in [0.1, 0.15) is 0 Å². The molecule has 0 fully saturated rings. The van der Waals surface area contributed by atoms with Crippen LogP contribution in [0, 0.1) is 5.92 Å². The van der Waals surface area contributed by atoms with Crippen LogP contribution in [0.2, 0.25) is 0 Å². The minimum Gasteiger partial charge on any atom is -0.352 e. The van der Waals surface area contributed by atoms with Gasteiger partial charge >= 0.3 is 0 Å². The normalized spacial score (nSPS) is 12.4. The maximum absolute atomic E-state index is 11.7. The van der Waals surface area contributed by atoms with Crippen LogP contribution in [0.15, 0.2) is 12.4 Å². The molecule has 1 rings (SSSR count). The van der Waals surface area contributed by atoms with E-state index < -0.39 is 0 Å². The first-order valence-corrected chi connectivity index (χ1v) is 5.59. The molecule has 2 N–H and O–H groups in total. The molecule has 0 saturated heterocycles. The van der Waals surface area contributed by atoms with Crippen molar-refractivity contribution < 1.29 is 4.79 Å². The second-order valence-corrected chi connectivity index (χ2v) is 3.95. The van der Waals surface area contributed by atoms with Crippen molar-refractivity contribution in [2.24, 2.45) is 13.0 Å². The number of hydrogen-bond donors (Lipinski definition) is 2. The Balaban J connectivity index is 2.29. The van der Waals surface area contributed by atoms with Crippen LogP contribution in [0.3, 0.4) is 0 Å². The maximum atomic E-state index is 11.7. The summed E-state index contributed by atoms with van der Waals surface area (Å²) in [7, 11) is 1.86. The highest BCUT2D eigenvalue weighted by atomic mass is 16.1. The van der Waals surface area contributed by atoms with Crippen LogP contribution in [0.5, 0.6) is 0 Å². The van der Waals surface area contributed by atoms with E-state index in [-0.39, 0.29) is 11.8 Å². The van der Waals surface area contributed by atoms with Gasteiger partial charge < -0.3 is 10.6 Å². The first-order valence-electron chi connectivity index (χ1n) is 5.59. The molecule has 5 heteroatoms. The van der Waals surface area contributed by atoms with E-state index in [0.29, 0.717) is 6.54 Å². The van der Waals surface area contributed by atoms with Crippen LogP contribution in [0.1, 0.15) is 19.4 Å². The molecule has 0 radical (unpaired) electrons. The third-order valence-electron chi connectivity index (χ3n) is 2.37. The summed E-state index contributed by atoms with van der Waals surface area (Å²) < 4.78 is 1.73. The summed E-state index contributed by atoms with van der Waals surface area (Å²) in [6.45, 7) is 6.10. The summed E-state index contributed by atoms with van der Waals surface area (Å²) in [5, 5.41) is 10.1. The number of carbonyl (C=O) groups excluding carboxylic acids is 1. The van der Waals surface area contributed by atoms with Crippen LogP contribution >= 0.6 is 0 Å². The predicted octanol–water partition coefficient (Wildman–Crippen LogP) is 0.282. The molecular formula is C11H20N4O. The topological polar surface area (TPSA) is 59.0 Å². The molecule has 0 aliphatic heterocycles. The number of carbonyl (C=O) groups is 1. The minimum absolute atomic E-state index is 0.00313. The molecule has 0 aliphatic carbocycles. The molecule has 90 valence electrons. The van der Waals surface area contributed by atoms with Crippen LogP contribution in [-0.2, 0) is 18.4 Å². The van der Waals surface area contributed by atoms with Crippen LogP contribution in [0.4, 0.5) is 0 Å². The van der Waals surface area contributed by atoms with Gasteiger partial charge in [0.05, 0.1) is 6.20 Å². The van der Waals surface area contributed by atoms with E-state index >= 15 is 0 Å². The van der Waals surface area contributed by atoms with Gasteiger partial charge in [0.15, 0.2) is 0 Å². The largest absolute Gasteiger partial charge is 0.352 e. The SMILES string of the molecule is CCNCC(C)C(=O)NCc1cnn(C)c1. The van der Waals surface area contributed by atoms with Crippen molar-refractivity contribution in [1.29, 1.82) is 0 Å². The summed E-state index contributed by atoms with van der Waals surface area (Å²) in [5.41, 5.74) is 1.02. The summed E-state index contributed by atoms with van der Waals surface area (Å²) in [6, 6.07) is 0. The molecular weight excluding hydrogens is 204 g/mol. The van der Waals surface area contributed by atoms with Crippen molar-refractivity contribution in [3.63, 3.8) is 0 Å². The van der Waals surface area contributed by atoms with Gasteiger partial charge in [-0.1, -0.05) is 13.8 Å². The Hall–Kier alpha value is -1.36. The lowest BCUT2D eigenvalue weighted by molar-refractivity contribution is -0.124. The Morgan fingerprint density at radius 3 is 2.94 bits per heavy atom. The fourth-order valence-electron chi connectivity index (χ4n) is 1.38. The summed E-state index contributed by atoms with van der Waals surface area (Å²) in [6.07, 6.45) is 3.66. The zero-order valence-corrected chi connectivity index (χ0v) is 10.2. The fourth-order valence-corrected chi connectivity index (χ4v) is 1.38. The number of aryl methyl sites for hydroxylation is 1. The lowest BCUT2D eigenvalue weighted by atomic mass is 10.1. The van der Waals surface area contributed by atoms with Gasteiger partial charge in [0.2, 0.25) is 5.91 Å². The van der Waals surface area contributed by atoms with E-state index in [1.54, 1.807) is 10.9 Å². The van der Waals surface area contributed by atoms with E-state index in [2.05, 4.69) is 15.7 Å². The van der Waals surface area contributed by atoms with Gasteiger partial charge in [-0.15, -0.1) is 0 Å². The molecule has 0 saturated carbocycles. The van der Waals surface area contributed by atoms with E-state index in [1.165, 1.54) is 0 Å². The molecule has 1 heterocycles. The van der Waals surface area contributed by atoms with Crippen molar-refractivity contribution in [1.82, 2.24) is 20.4 Å². The van der Waals surface area contributed by atoms with Gasteiger partial charge in [-0.2, -0.15) is 5.10 Å². The molecule has 1 aromatic heterocycles. The predicted molar refractivity (Wildman–Crippen MR) is 62.8 cm³/mol. The fraction of sp³-hybridized carbons (Fsp3) is 0.636. The van der Waals surface area contributed by atoms with Crippen molar-refractivity contribution in [3.8, 4) is 0 Å². The Labute approximate surface area is 96.2 Å². The van der Waals surface area contributed by atoms with Gasteiger partial charge in [0, 0.05) is 37.8 Å². The van der Waals surface area contributed by atoms with E-state index in [1.807, 2.05) is 27.1 Å². The monoisotopic (exact) mass is 224 g/mol. The Morgan fingerprint density at radius 2 is 2.38 bits per heavy atom. The molecule has 0 aliphatic rings. The van der Waals surface area contributed by atoms with E-state index in [4.69, 9.17) is 0 Å². The van der Waals surface area contributed by atoms with Gasteiger partial charge in [0.25, 0.3) is 0 Å². The Morgan fingerprint density at radius 1 is 1.62 bits per heavy atom. The van der Waals surface area contributed by atoms with Gasteiger partial charge in [-0.3, -0.25) is 9.48 Å². The summed E-state index contributed by atoms with van der Waals surface area (Å²) >= 11 is 0. The minimum atomic E-state index is -0.00313. The quantitative estimate of drug-likeness (QED) is 0.730. The van der Waals surface area contributed by atoms with Crippen molar-refractivity contribution >= 4 is 5.91 Å². The van der Waals surface area contributed by atoms with Crippen molar-refractivity contribution in [2.45, 2.75) is 20.4 Å². The highest BCUT2D eigenvalue weighted by Gasteiger charge is 2.11. The molecule has 1 atom stereocenters. The average molecular weight is 224 g/mol. The molecule has 16 heavy (non-hydrogen) atoms. The molecule has 0 bridgehead atoms. The summed E-state index contributed by atoms with van der Waals surface area (Å²) in [4.78, 5) is 11.7. The Kier molecular flexibility index (Phi) is 4.98. The first kappa shape index (κ1) is 12.7. The second-order valence-electron chi connectivity index (χ2n) is 3.95.